The summed E-state index contributed by atoms with van der Waals surface area (Å²) in [5.41, 5.74) is 2.27. The standard InChI is InChI=1S/C21H23ClN2O2/c22-19-10-8-17(9-11-19)14-23-21(26)18-13-20(25)24(15-18)12-4-7-16-5-2-1-3-6-16/h1-3,5-6,8-11,18H,4,7,12-15H2,(H,23,26). The van der Waals surface area contributed by atoms with Gasteiger partial charge in [-0.2, -0.15) is 0 Å². The summed E-state index contributed by atoms with van der Waals surface area (Å²) in [4.78, 5) is 26.3. The van der Waals surface area contributed by atoms with Gasteiger partial charge in [-0.3, -0.25) is 9.59 Å². The van der Waals surface area contributed by atoms with Gasteiger partial charge in [-0.1, -0.05) is 54.1 Å². The van der Waals surface area contributed by atoms with Crippen molar-refractivity contribution in [3.63, 3.8) is 0 Å². The third-order valence-corrected chi connectivity index (χ3v) is 4.95. The lowest BCUT2D eigenvalue weighted by molar-refractivity contribution is -0.129. The van der Waals surface area contributed by atoms with Crippen molar-refractivity contribution < 1.29 is 9.59 Å². The van der Waals surface area contributed by atoms with E-state index in [4.69, 9.17) is 11.6 Å². The van der Waals surface area contributed by atoms with Gasteiger partial charge in [0.1, 0.15) is 0 Å². The minimum Gasteiger partial charge on any atom is -0.352 e. The molecule has 1 unspecified atom stereocenters. The normalized spacial score (nSPS) is 16.7. The van der Waals surface area contributed by atoms with Crippen molar-refractivity contribution in [1.29, 1.82) is 0 Å². The molecule has 0 bridgehead atoms. The number of carbonyl (C=O) groups is 2. The number of benzene rings is 2. The highest BCUT2D eigenvalue weighted by Gasteiger charge is 2.33. The molecule has 2 aromatic rings. The Bertz CT molecular complexity index is 746. The van der Waals surface area contributed by atoms with E-state index in [0.717, 1.165) is 18.4 Å². The summed E-state index contributed by atoms with van der Waals surface area (Å²) in [6.07, 6.45) is 2.16. The molecule has 2 amide bonds. The molecule has 26 heavy (non-hydrogen) atoms. The van der Waals surface area contributed by atoms with Gasteiger partial charge in [-0.15, -0.1) is 0 Å². The number of nitrogens with zero attached hydrogens (tertiary/aromatic N) is 1. The first-order valence-corrected chi connectivity index (χ1v) is 9.33. The number of hydrogen-bond acceptors (Lipinski definition) is 2. The molecule has 0 saturated carbocycles. The van der Waals surface area contributed by atoms with E-state index < -0.39 is 0 Å². The lowest BCUT2D eigenvalue weighted by Gasteiger charge is -2.16. The Morgan fingerprint density at radius 2 is 1.81 bits per heavy atom. The Labute approximate surface area is 159 Å². The van der Waals surface area contributed by atoms with Crippen LogP contribution < -0.4 is 5.32 Å². The third-order valence-electron chi connectivity index (χ3n) is 4.70. The van der Waals surface area contributed by atoms with E-state index in [2.05, 4.69) is 17.4 Å². The summed E-state index contributed by atoms with van der Waals surface area (Å²) >= 11 is 5.86. The van der Waals surface area contributed by atoms with Crippen molar-refractivity contribution in [3.8, 4) is 0 Å². The molecule has 1 heterocycles. The Morgan fingerprint density at radius 3 is 2.54 bits per heavy atom. The van der Waals surface area contributed by atoms with Crippen LogP contribution in [0.4, 0.5) is 0 Å². The van der Waals surface area contributed by atoms with Crippen molar-refractivity contribution in [1.82, 2.24) is 10.2 Å². The highest BCUT2D eigenvalue weighted by atomic mass is 35.5. The molecule has 1 N–H and O–H groups in total. The number of halogens is 1. The van der Waals surface area contributed by atoms with Crippen LogP contribution in [0.2, 0.25) is 5.02 Å². The van der Waals surface area contributed by atoms with Crippen LogP contribution >= 0.6 is 11.6 Å². The maximum atomic E-state index is 12.4. The minimum absolute atomic E-state index is 0.0566. The molecule has 1 aliphatic heterocycles. The average molecular weight is 371 g/mol. The lowest BCUT2D eigenvalue weighted by atomic mass is 10.1. The van der Waals surface area contributed by atoms with E-state index in [0.29, 0.717) is 31.1 Å². The molecular formula is C21H23ClN2O2. The Kier molecular flexibility index (Phi) is 6.29. The predicted octanol–water partition coefficient (Wildman–Crippen LogP) is 3.44. The van der Waals surface area contributed by atoms with Crippen LogP contribution in [-0.4, -0.2) is 29.8 Å². The second-order valence-electron chi connectivity index (χ2n) is 6.67. The van der Waals surface area contributed by atoms with E-state index in [-0.39, 0.29) is 17.7 Å². The fourth-order valence-corrected chi connectivity index (χ4v) is 3.34. The molecule has 0 aliphatic carbocycles. The number of aryl methyl sites for hydroxylation is 1. The number of carbonyl (C=O) groups excluding carboxylic acids is 2. The largest absolute Gasteiger partial charge is 0.352 e. The third kappa shape index (κ3) is 5.09. The van der Waals surface area contributed by atoms with Crippen molar-refractivity contribution in [3.05, 3.63) is 70.7 Å². The van der Waals surface area contributed by atoms with Crippen LogP contribution in [0.15, 0.2) is 54.6 Å². The first-order valence-electron chi connectivity index (χ1n) is 8.95. The highest BCUT2D eigenvalue weighted by molar-refractivity contribution is 6.30. The molecule has 1 aliphatic rings. The molecule has 0 radical (unpaired) electrons. The monoisotopic (exact) mass is 370 g/mol. The van der Waals surface area contributed by atoms with Crippen LogP contribution in [0, 0.1) is 5.92 Å². The predicted molar refractivity (Wildman–Crippen MR) is 103 cm³/mol. The van der Waals surface area contributed by atoms with Crippen molar-refractivity contribution >= 4 is 23.4 Å². The van der Waals surface area contributed by atoms with Gasteiger partial charge in [0.25, 0.3) is 0 Å². The van der Waals surface area contributed by atoms with Crippen molar-refractivity contribution in [2.45, 2.75) is 25.8 Å². The topological polar surface area (TPSA) is 49.4 Å². The molecule has 2 aromatic carbocycles. The molecular weight excluding hydrogens is 348 g/mol. The molecule has 1 saturated heterocycles. The van der Waals surface area contributed by atoms with Gasteiger partial charge in [-0.25, -0.2) is 0 Å². The van der Waals surface area contributed by atoms with Gasteiger partial charge in [0.15, 0.2) is 0 Å². The summed E-state index contributed by atoms with van der Waals surface area (Å²) in [5, 5.41) is 3.60. The van der Waals surface area contributed by atoms with E-state index in [1.807, 2.05) is 35.2 Å². The van der Waals surface area contributed by atoms with Gasteiger partial charge >= 0.3 is 0 Å². The van der Waals surface area contributed by atoms with Crippen molar-refractivity contribution in [2.75, 3.05) is 13.1 Å². The molecule has 136 valence electrons. The van der Waals surface area contributed by atoms with Gasteiger partial charge in [-0.05, 0) is 36.1 Å². The maximum absolute atomic E-state index is 12.4. The highest BCUT2D eigenvalue weighted by Crippen LogP contribution is 2.19. The quantitative estimate of drug-likeness (QED) is 0.811. The van der Waals surface area contributed by atoms with Crippen LogP contribution in [0.25, 0.3) is 0 Å². The van der Waals surface area contributed by atoms with Gasteiger partial charge in [0.05, 0.1) is 5.92 Å². The molecule has 3 rings (SSSR count). The first kappa shape index (κ1) is 18.5. The minimum atomic E-state index is -0.258. The summed E-state index contributed by atoms with van der Waals surface area (Å²) in [7, 11) is 0. The Balaban J connectivity index is 1.43. The van der Waals surface area contributed by atoms with Crippen LogP contribution in [-0.2, 0) is 22.6 Å². The van der Waals surface area contributed by atoms with Crippen molar-refractivity contribution in [2.24, 2.45) is 5.92 Å². The number of hydrogen-bond donors (Lipinski definition) is 1. The van der Waals surface area contributed by atoms with E-state index >= 15 is 0 Å². The summed E-state index contributed by atoms with van der Waals surface area (Å²) in [6.45, 7) is 1.67. The molecule has 0 spiro atoms. The van der Waals surface area contributed by atoms with E-state index in [9.17, 15) is 9.59 Å². The van der Waals surface area contributed by atoms with E-state index in [1.165, 1.54) is 5.56 Å². The smallest absolute Gasteiger partial charge is 0.225 e. The second-order valence-corrected chi connectivity index (χ2v) is 7.11. The SMILES string of the molecule is O=C(NCc1ccc(Cl)cc1)C1CC(=O)N(CCCc2ccccc2)C1. The lowest BCUT2D eigenvalue weighted by Crippen LogP contribution is -2.33. The molecule has 0 aromatic heterocycles. The summed E-state index contributed by atoms with van der Waals surface area (Å²) in [6, 6.07) is 17.6. The van der Waals surface area contributed by atoms with Gasteiger partial charge in [0.2, 0.25) is 11.8 Å². The van der Waals surface area contributed by atoms with Gasteiger partial charge < -0.3 is 10.2 Å². The van der Waals surface area contributed by atoms with Gasteiger partial charge in [0, 0.05) is 31.1 Å². The maximum Gasteiger partial charge on any atom is 0.225 e. The molecule has 1 fully saturated rings. The number of nitrogens with one attached hydrogen (secondary N) is 1. The number of amides is 2. The Morgan fingerprint density at radius 1 is 1.08 bits per heavy atom. The zero-order valence-corrected chi connectivity index (χ0v) is 15.4. The van der Waals surface area contributed by atoms with Crippen LogP contribution in [0.3, 0.4) is 0 Å². The molecule has 5 heteroatoms. The zero-order valence-electron chi connectivity index (χ0n) is 14.7. The van der Waals surface area contributed by atoms with Crippen LogP contribution in [0.1, 0.15) is 24.0 Å². The fourth-order valence-electron chi connectivity index (χ4n) is 3.22. The zero-order chi connectivity index (χ0) is 18.4. The first-order chi connectivity index (χ1) is 12.6. The second kappa shape index (κ2) is 8.86. The number of likely N-dealkylation sites (tertiary alicyclic amines) is 1. The summed E-state index contributed by atoms with van der Waals surface area (Å²) < 4.78 is 0. The van der Waals surface area contributed by atoms with Crippen LogP contribution in [0.5, 0.6) is 0 Å². The Hall–Kier alpha value is -2.33. The summed E-state index contributed by atoms with van der Waals surface area (Å²) in [5.74, 6) is -0.241. The number of rotatable bonds is 7. The fraction of sp³-hybridized carbons (Fsp3) is 0.333. The van der Waals surface area contributed by atoms with E-state index in [1.54, 1.807) is 12.1 Å². The molecule has 4 nitrogen and oxygen atoms in total. The average Bonchev–Trinajstić information content (AvgIpc) is 3.03. The molecule has 1 atom stereocenters.